The monoisotopic (exact) mass is 289 g/mol. The number of anilines is 1. The smallest absolute Gasteiger partial charge is 0.272 e. The van der Waals surface area contributed by atoms with Crippen molar-refractivity contribution in [3.8, 4) is 0 Å². The van der Waals surface area contributed by atoms with Gasteiger partial charge in [0.2, 0.25) is 0 Å². The Morgan fingerprint density at radius 2 is 2.14 bits per heavy atom. The van der Waals surface area contributed by atoms with Gasteiger partial charge in [-0.1, -0.05) is 6.92 Å². The molecule has 1 aliphatic rings. The summed E-state index contributed by atoms with van der Waals surface area (Å²) in [4.78, 5) is 19.0. The van der Waals surface area contributed by atoms with E-state index in [4.69, 9.17) is 0 Å². The van der Waals surface area contributed by atoms with Crippen molar-refractivity contribution >= 4 is 11.6 Å². The van der Waals surface area contributed by atoms with E-state index >= 15 is 0 Å². The summed E-state index contributed by atoms with van der Waals surface area (Å²) in [6.07, 6.45) is 6.22. The molecule has 0 spiro atoms. The molecule has 1 N–H and O–H groups in total. The summed E-state index contributed by atoms with van der Waals surface area (Å²) in [7, 11) is 0. The van der Waals surface area contributed by atoms with E-state index in [-0.39, 0.29) is 11.4 Å². The van der Waals surface area contributed by atoms with Crippen LogP contribution < -0.4 is 5.32 Å². The predicted octanol–water partition coefficient (Wildman–Crippen LogP) is 3.70. The number of likely N-dealkylation sites (tertiary alicyclic amines) is 1. The maximum atomic E-state index is 12.6. The zero-order valence-electron chi connectivity index (χ0n) is 13.6. The molecule has 2 heterocycles. The van der Waals surface area contributed by atoms with Gasteiger partial charge in [-0.3, -0.25) is 4.79 Å². The van der Waals surface area contributed by atoms with Crippen molar-refractivity contribution in [3.05, 3.63) is 24.0 Å². The topological polar surface area (TPSA) is 45.2 Å². The molecule has 1 unspecified atom stereocenters. The normalized spacial score (nSPS) is 19.4. The highest BCUT2D eigenvalue weighted by molar-refractivity contribution is 5.92. The Morgan fingerprint density at radius 3 is 2.71 bits per heavy atom. The van der Waals surface area contributed by atoms with Gasteiger partial charge in [0.05, 0.1) is 11.9 Å². The Morgan fingerprint density at radius 1 is 1.38 bits per heavy atom. The summed E-state index contributed by atoms with van der Waals surface area (Å²) < 4.78 is 0. The zero-order chi connectivity index (χ0) is 15.5. The van der Waals surface area contributed by atoms with Crippen LogP contribution in [0.5, 0.6) is 0 Å². The second kappa shape index (κ2) is 6.46. The molecular formula is C17H27N3O. The van der Waals surface area contributed by atoms with E-state index in [0.29, 0.717) is 11.7 Å². The minimum absolute atomic E-state index is 0.00657. The number of carbonyl (C=O) groups excluding carboxylic acids is 1. The third kappa shape index (κ3) is 4.19. The average molecular weight is 289 g/mol. The Hall–Kier alpha value is -1.58. The van der Waals surface area contributed by atoms with E-state index in [2.05, 4.69) is 38.0 Å². The second-order valence-electron chi connectivity index (χ2n) is 6.86. The molecule has 21 heavy (non-hydrogen) atoms. The summed E-state index contributed by atoms with van der Waals surface area (Å²) in [6.45, 7) is 9.32. The largest absolute Gasteiger partial charge is 0.379 e. The molecule has 116 valence electrons. The van der Waals surface area contributed by atoms with E-state index in [9.17, 15) is 4.79 Å². The van der Waals surface area contributed by atoms with Crippen LogP contribution in [0.1, 0.15) is 63.9 Å². The van der Waals surface area contributed by atoms with Gasteiger partial charge in [-0.15, -0.1) is 0 Å². The number of carbonyl (C=O) groups is 1. The molecule has 2 rings (SSSR count). The van der Waals surface area contributed by atoms with Crippen molar-refractivity contribution in [3.63, 3.8) is 0 Å². The van der Waals surface area contributed by atoms with Crippen molar-refractivity contribution < 1.29 is 4.79 Å². The number of amides is 1. The lowest BCUT2D eigenvalue weighted by Crippen LogP contribution is -2.43. The van der Waals surface area contributed by atoms with Gasteiger partial charge in [0.15, 0.2) is 0 Å². The van der Waals surface area contributed by atoms with Gasteiger partial charge in [-0.25, -0.2) is 4.98 Å². The molecule has 1 aliphatic heterocycles. The minimum Gasteiger partial charge on any atom is -0.379 e. The first kappa shape index (κ1) is 15.8. The van der Waals surface area contributed by atoms with E-state index < -0.39 is 0 Å². The Balaban J connectivity index is 2.08. The molecule has 1 aromatic rings. The molecule has 1 saturated heterocycles. The Bertz CT molecular complexity index is 476. The molecule has 0 radical (unpaired) electrons. The number of pyridine rings is 1. The summed E-state index contributed by atoms with van der Waals surface area (Å²) in [6, 6.07) is 4.15. The number of hydrogen-bond donors (Lipinski definition) is 1. The summed E-state index contributed by atoms with van der Waals surface area (Å²) in [5.74, 6) is 0.0730. The fourth-order valence-electron chi connectivity index (χ4n) is 2.87. The van der Waals surface area contributed by atoms with Crippen LogP contribution >= 0.6 is 0 Å². The highest BCUT2D eigenvalue weighted by Gasteiger charge is 2.26. The Labute approximate surface area is 127 Å². The molecule has 0 aromatic carbocycles. The van der Waals surface area contributed by atoms with Crippen molar-refractivity contribution in [1.82, 2.24) is 9.88 Å². The van der Waals surface area contributed by atoms with Crippen molar-refractivity contribution in [2.24, 2.45) is 0 Å². The molecular weight excluding hydrogens is 262 g/mol. The lowest BCUT2D eigenvalue weighted by Gasteiger charge is -2.35. The minimum atomic E-state index is -0.00657. The molecule has 4 heteroatoms. The maximum Gasteiger partial charge on any atom is 0.272 e. The van der Waals surface area contributed by atoms with Crippen molar-refractivity contribution in [2.45, 2.75) is 65.0 Å². The number of rotatable bonds is 3. The highest BCUT2D eigenvalue weighted by atomic mass is 16.2. The molecule has 1 fully saturated rings. The third-order valence-electron chi connectivity index (χ3n) is 3.86. The molecule has 0 bridgehead atoms. The number of hydrogen-bond acceptors (Lipinski definition) is 3. The van der Waals surface area contributed by atoms with E-state index in [1.165, 1.54) is 6.42 Å². The SMILES string of the molecule is CCC1CCCCN1C(=O)c1ccc(NC(C)(C)C)cn1. The van der Waals surface area contributed by atoms with Crippen LogP contribution in [0.3, 0.4) is 0 Å². The van der Waals surface area contributed by atoms with E-state index in [0.717, 1.165) is 31.5 Å². The predicted molar refractivity (Wildman–Crippen MR) is 86.6 cm³/mol. The highest BCUT2D eigenvalue weighted by Crippen LogP contribution is 2.22. The summed E-state index contributed by atoms with van der Waals surface area (Å²) in [5.41, 5.74) is 1.49. The molecule has 1 amide bonds. The lowest BCUT2D eigenvalue weighted by molar-refractivity contribution is 0.0602. The van der Waals surface area contributed by atoms with Crippen LogP contribution in [0.15, 0.2) is 18.3 Å². The van der Waals surface area contributed by atoms with Gasteiger partial charge < -0.3 is 10.2 Å². The molecule has 1 aromatic heterocycles. The van der Waals surface area contributed by atoms with Gasteiger partial charge in [-0.2, -0.15) is 0 Å². The quantitative estimate of drug-likeness (QED) is 0.923. The summed E-state index contributed by atoms with van der Waals surface area (Å²) >= 11 is 0. The standard InChI is InChI=1S/C17H27N3O/c1-5-14-8-6-7-11-20(14)16(21)15-10-9-13(12-18-15)19-17(2,3)4/h9-10,12,14,19H,5-8,11H2,1-4H3. The fraction of sp³-hybridized carbons (Fsp3) is 0.647. The van der Waals surface area contributed by atoms with Gasteiger partial charge in [0.25, 0.3) is 5.91 Å². The molecule has 1 atom stereocenters. The van der Waals surface area contributed by atoms with Crippen LogP contribution in [-0.4, -0.2) is 33.9 Å². The average Bonchev–Trinajstić information content (AvgIpc) is 2.45. The van der Waals surface area contributed by atoms with Crippen LogP contribution in [-0.2, 0) is 0 Å². The number of nitrogens with one attached hydrogen (secondary N) is 1. The van der Waals surface area contributed by atoms with Gasteiger partial charge in [0.1, 0.15) is 5.69 Å². The maximum absolute atomic E-state index is 12.6. The van der Waals surface area contributed by atoms with E-state index in [1.807, 2.05) is 17.0 Å². The number of nitrogens with zero attached hydrogens (tertiary/aromatic N) is 2. The second-order valence-corrected chi connectivity index (χ2v) is 6.86. The van der Waals surface area contributed by atoms with Crippen LogP contribution in [0.25, 0.3) is 0 Å². The number of aromatic nitrogens is 1. The fourth-order valence-corrected chi connectivity index (χ4v) is 2.87. The first-order valence-electron chi connectivity index (χ1n) is 7.96. The molecule has 0 aliphatic carbocycles. The Kier molecular flexibility index (Phi) is 4.86. The van der Waals surface area contributed by atoms with Gasteiger partial charge >= 0.3 is 0 Å². The van der Waals surface area contributed by atoms with Crippen LogP contribution in [0.2, 0.25) is 0 Å². The van der Waals surface area contributed by atoms with E-state index in [1.54, 1.807) is 6.20 Å². The molecule has 0 saturated carbocycles. The molecule has 4 nitrogen and oxygen atoms in total. The van der Waals surface area contributed by atoms with Gasteiger partial charge in [-0.05, 0) is 58.6 Å². The lowest BCUT2D eigenvalue weighted by atomic mass is 9.99. The van der Waals surface area contributed by atoms with Crippen LogP contribution in [0, 0.1) is 0 Å². The summed E-state index contributed by atoms with van der Waals surface area (Å²) in [5, 5.41) is 3.36. The zero-order valence-corrected chi connectivity index (χ0v) is 13.6. The third-order valence-corrected chi connectivity index (χ3v) is 3.86. The van der Waals surface area contributed by atoms with Gasteiger partial charge in [0, 0.05) is 18.1 Å². The van der Waals surface area contributed by atoms with Crippen molar-refractivity contribution in [1.29, 1.82) is 0 Å². The van der Waals surface area contributed by atoms with Crippen molar-refractivity contribution in [2.75, 3.05) is 11.9 Å². The number of piperidine rings is 1. The first-order chi connectivity index (χ1) is 9.90. The first-order valence-corrected chi connectivity index (χ1v) is 7.96. The van der Waals surface area contributed by atoms with Crippen LogP contribution in [0.4, 0.5) is 5.69 Å².